The summed E-state index contributed by atoms with van der Waals surface area (Å²) in [6.07, 6.45) is 4.21. The fraction of sp³-hybridized carbons (Fsp3) is 0.429. The van der Waals surface area contributed by atoms with E-state index in [0.29, 0.717) is 12.7 Å². The number of aromatic nitrogens is 3. The number of nitrogens with one attached hydrogen (secondary N) is 1. The molecule has 1 aliphatic rings. The van der Waals surface area contributed by atoms with Crippen LogP contribution in [-0.2, 0) is 11.3 Å². The minimum Gasteiger partial charge on any atom is -0.370 e. The monoisotopic (exact) mass is 258 g/mol. The van der Waals surface area contributed by atoms with Crippen LogP contribution in [0.15, 0.2) is 36.7 Å². The van der Waals surface area contributed by atoms with Crippen LogP contribution in [0, 0.1) is 0 Å². The van der Waals surface area contributed by atoms with E-state index < -0.39 is 0 Å². The molecule has 0 atom stereocenters. The predicted molar refractivity (Wildman–Crippen MR) is 72.0 cm³/mol. The van der Waals surface area contributed by atoms with Crippen molar-refractivity contribution in [2.24, 2.45) is 0 Å². The zero-order valence-corrected chi connectivity index (χ0v) is 10.8. The first-order chi connectivity index (χ1) is 9.43. The van der Waals surface area contributed by atoms with Crippen LogP contribution in [0.3, 0.4) is 0 Å². The van der Waals surface area contributed by atoms with Crippen LogP contribution in [0.1, 0.15) is 18.7 Å². The smallest absolute Gasteiger partial charge is 0.163 e. The van der Waals surface area contributed by atoms with Gasteiger partial charge in [0.2, 0.25) is 0 Å². The second kappa shape index (κ2) is 5.95. The minimum atomic E-state index is 0.335. The Labute approximate surface area is 112 Å². The largest absolute Gasteiger partial charge is 0.370 e. The fourth-order valence-electron chi connectivity index (χ4n) is 2.32. The predicted octanol–water partition coefficient (Wildman–Crippen LogP) is 1.54. The summed E-state index contributed by atoms with van der Waals surface area (Å²) >= 11 is 0. The molecule has 1 aromatic heterocycles. The average molecular weight is 258 g/mol. The average Bonchev–Trinajstić information content (AvgIpc) is 2.95. The van der Waals surface area contributed by atoms with Crippen molar-refractivity contribution in [3.8, 4) is 5.69 Å². The van der Waals surface area contributed by atoms with Gasteiger partial charge in [0.25, 0.3) is 0 Å². The summed E-state index contributed by atoms with van der Waals surface area (Å²) in [6.45, 7) is 2.59. The van der Waals surface area contributed by atoms with Crippen molar-refractivity contribution in [1.29, 1.82) is 0 Å². The number of piperidine rings is 1. The molecule has 0 radical (unpaired) electrons. The van der Waals surface area contributed by atoms with E-state index >= 15 is 0 Å². The van der Waals surface area contributed by atoms with Crippen molar-refractivity contribution in [3.05, 3.63) is 42.5 Å². The summed E-state index contributed by atoms with van der Waals surface area (Å²) in [5, 5.41) is 11.5. The number of hydrogen-bond donors (Lipinski definition) is 1. The van der Waals surface area contributed by atoms with Gasteiger partial charge in [-0.05, 0) is 38.1 Å². The van der Waals surface area contributed by atoms with Gasteiger partial charge >= 0.3 is 0 Å². The van der Waals surface area contributed by atoms with E-state index in [4.69, 9.17) is 4.74 Å². The molecule has 5 nitrogen and oxygen atoms in total. The first kappa shape index (κ1) is 12.3. The van der Waals surface area contributed by atoms with Crippen molar-refractivity contribution in [1.82, 2.24) is 20.1 Å². The van der Waals surface area contributed by atoms with E-state index in [1.807, 2.05) is 34.9 Å². The van der Waals surface area contributed by atoms with E-state index in [9.17, 15) is 0 Å². The highest BCUT2D eigenvalue weighted by molar-refractivity contribution is 5.31. The molecule has 100 valence electrons. The summed E-state index contributed by atoms with van der Waals surface area (Å²) in [6, 6.07) is 10.1. The second-order valence-electron chi connectivity index (χ2n) is 4.71. The lowest BCUT2D eigenvalue weighted by atomic mass is 10.1. The van der Waals surface area contributed by atoms with E-state index in [1.54, 1.807) is 6.33 Å². The van der Waals surface area contributed by atoms with Gasteiger partial charge in [-0.15, -0.1) is 10.2 Å². The van der Waals surface area contributed by atoms with Gasteiger partial charge in [-0.25, -0.2) is 0 Å². The van der Waals surface area contributed by atoms with Gasteiger partial charge in [0.15, 0.2) is 5.82 Å². The lowest BCUT2D eigenvalue weighted by molar-refractivity contribution is 0.0171. The van der Waals surface area contributed by atoms with Crippen LogP contribution in [0.2, 0.25) is 0 Å². The second-order valence-corrected chi connectivity index (χ2v) is 4.71. The van der Waals surface area contributed by atoms with Gasteiger partial charge in [0, 0.05) is 5.69 Å². The maximum Gasteiger partial charge on any atom is 0.163 e. The summed E-state index contributed by atoms with van der Waals surface area (Å²) in [5.41, 5.74) is 1.07. The van der Waals surface area contributed by atoms with Crippen molar-refractivity contribution >= 4 is 0 Å². The molecule has 5 heteroatoms. The van der Waals surface area contributed by atoms with Gasteiger partial charge in [0.1, 0.15) is 12.9 Å². The molecule has 1 N–H and O–H groups in total. The molecular formula is C14H18N4O. The molecule has 0 amide bonds. The maximum atomic E-state index is 5.93. The van der Waals surface area contributed by atoms with Crippen molar-refractivity contribution < 1.29 is 4.74 Å². The third-order valence-electron chi connectivity index (χ3n) is 3.39. The van der Waals surface area contributed by atoms with Crippen LogP contribution in [0.25, 0.3) is 5.69 Å². The third kappa shape index (κ3) is 3.00. The van der Waals surface area contributed by atoms with E-state index in [2.05, 4.69) is 15.5 Å². The third-order valence-corrected chi connectivity index (χ3v) is 3.39. The highest BCUT2D eigenvalue weighted by atomic mass is 16.5. The van der Waals surface area contributed by atoms with E-state index in [1.165, 1.54) is 0 Å². The van der Waals surface area contributed by atoms with Crippen LogP contribution >= 0.6 is 0 Å². The highest BCUT2D eigenvalue weighted by Crippen LogP contribution is 2.13. The van der Waals surface area contributed by atoms with Crippen molar-refractivity contribution in [2.45, 2.75) is 25.6 Å². The maximum absolute atomic E-state index is 5.93. The molecule has 0 saturated carbocycles. The lowest BCUT2D eigenvalue weighted by Gasteiger charge is -2.22. The highest BCUT2D eigenvalue weighted by Gasteiger charge is 2.15. The zero-order valence-electron chi connectivity index (χ0n) is 10.8. The topological polar surface area (TPSA) is 52.0 Å². The molecule has 19 heavy (non-hydrogen) atoms. The Morgan fingerprint density at radius 2 is 2.00 bits per heavy atom. The molecule has 1 aromatic carbocycles. The Bertz CT molecular complexity index is 505. The molecule has 0 bridgehead atoms. The standard InChI is InChI=1S/C14H18N4O/c1-2-4-12(5-3-1)18-11-16-17-14(18)10-19-13-6-8-15-9-7-13/h1-5,11,13,15H,6-10H2. The van der Waals surface area contributed by atoms with E-state index in [0.717, 1.165) is 37.4 Å². The quantitative estimate of drug-likeness (QED) is 0.903. The molecule has 1 fully saturated rings. The molecule has 0 aliphatic carbocycles. The lowest BCUT2D eigenvalue weighted by Crippen LogP contribution is -2.32. The van der Waals surface area contributed by atoms with Gasteiger partial charge in [0.05, 0.1) is 6.10 Å². The summed E-state index contributed by atoms with van der Waals surface area (Å²) in [4.78, 5) is 0. The van der Waals surface area contributed by atoms with Crippen LogP contribution < -0.4 is 5.32 Å². The molecule has 2 heterocycles. The van der Waals surface area contributed by atoms with E-state index in [-0.39, 0.29) is 0 Å². The van der Waals surface area contributed by atoms with Crippen molar-refractivity contribution in [2.75, 3.05) is 13.1 Å². The molecule has 2 aromatic rings. The van der Waals surface area contributed by atoms with Crippen LogP contribution in [0.4, 0.5) is 0 Å². The number of nitrogens with zero attached hydrogens (tertiary/aromatic N) is 3. The zero-order chi connectivity index (χ0) is 12.9. The first-order valence-corrected chi connectivity index (χ1v) is 6.70. The van der Waals surface area contributed by atoms with Gasteiger partial charge in [-0.1, -0.05) is 18.2 Å². The van der Waals surface area contributed by atoms with Gasteiger partial charge < -0.3 is 10.1 Å². The fourth-order valence-corrected chi connectivity index (χ4v) is 2.32. The Kier molecular flexibility index (Phi) is 3.86. The van der Waals surface area contributed by atoms with Gasteiger partial charge in [-0.3, -0.25) is 4.57 Å². The summed E-state index contributed by atoms with van der Waals surface area (Å²) in [7, 11) is 0. The summed E-state index contributed by atoms with van der Waals surface area (Å²) < 4.78 is 7.90. The molecule has 3 rings (SSSR count). The Morgan fingerprint density at radius 3 is 2.79 bits per heavy atom. The molecule has 1 saturated heterocycles. The first-order valence-electron chi connectivity index (χ1n) is 6.70. The van der Waals surface area contributed by atoms with Gasteiger partial charge in [-0.2, -0.15) is 0 Å². The molecule has 0 spiro atoms. The molecule has 1 aliphatic heterocycles. The number of rotatable bonds is 4. The van der Waals surface area contributed by atoms with Crippen LogP contribution in [0.5, 0.6) is 0 Å². The SMILES string of the molecule is c1ccc(-n2cnnc2COC2CCNCC2)cc1. The minimum absolute atomic E-state index is 0.335. The number of benzene rings is 1. The van der Waals surface area contributed by atoms with Crippen molar-refractivity contribution in [3.63, 3.8) is 0 Å². The number of para-hydroxylation sites is 1. The summed E-state index contributed by atoms with van der Waals surface area (Å²) in [5.74, 6) is 0.852. The van der Waals surface area contributed by atoms with Crippen LogP contribution in [-0.4, -0.2) is 34.0 Å². The molecule has 0 unspecified atom stereocenters. The Hall–Kier alpha value is -1.72. The number of hydrogen-bond acceptors (Lipinski definition) is 4. The number of ether oxygens (including phenoxy) is 1. The molecular weight excluding hydrogens is 240 g/mol. The Balaban J connectivity index is 1.67. The normalized spacial score (nSPS) is 16.6. The Morgan fingerprint density at radius 1 is 1.21 bits per heavy atom.